The lowest BCUT2D eigenvalue weighted by molar-refractivity contribution is -0.132. The minimum Gasteiger partial charge on any atom is -0.326 e. The van der Waals surface area contributed by atoms with Gasteiger partial charge >= 0.3 is 0 Å². The first-order valence-electron chi connectivity index (χ1n) is 6.50. The molecule has 102 valence electrons. The van der Waals surface area contributed by atoms with Crippen molar-refractivity contribution in [1.29, 1.82) is 0 Å². The van der Waals surface area contributed by atoms with Gasteiger partial charge in [-0.25, -0.2) is 0 Å². The zero-order chi connectivity index (χ0) is 14.2. The van der Waals surface area contributed by atoms with Gasteiger partial charge in [0, 0.05) is 19.4 Å². The normalized spacial score (nSPS) is 18.8. The van der Waals surface area contributed by atoms with E-state index in [2.05, 4.69) is 0 Å². The van der Waals surface area contributed by atoms with Gasteiger partial charge in [0.15, 0.2) is 0 Å². The van der Waals surface area contributed by atoms with Gasteiger partial charge in [-0.15, -0.1) is 0 Å². The van der Waals surface area contributed by atoms with Crippen LogP contribution in [0.4, 0.5) is 5.69 Å². The average molecular weight is 260 g/mol. The summed E-state index contributed by atoms with van der Waals surface area (Å²) in [7, 11) is 0. The van der Waals surface area contributed by atoms with E-state index in [4.69, 9.17) is 5.73 Å². The lowest BCUT2D eigenvalue weighted by Gasteiger charge is -2.35. The van der Waals surface area contributed by atoms with Crippen LogP contribution in [-0.2, 0) is 16.1 Å². The summed E-state index contributed by atoms with van der Waals surface area (Å²) in [5.41, 5.74) is 8.02. The van der Waals surface area contributed by atoms with E-state index in [0.717, 1.165) is 11.1 Å². The molecule has 4 nitrogen and oxygen atoms in total. The summed E-state index contributed by atoms with van der Waals surface area (Å²) >= 11 is 0. The van der Waals surface area contributed by atoms with Crippen LogP contribution >= 0.6 is 0 Å². The van der Waals surface area contributed by atoms with Gasteiger partial charge in [-0.2, -0.15) is 0 Å². The molecule has 0 atom stereocenters. The van der Waals surface area contributed by atoms with Crippen molar-refractivity contribution in [2.24, 2.45) is 11.1 Å². The third kappa shape index (κ3) is 2.54. The summed E-state index contributed by atoms with van der Waals surface area (Å²) in [6, 6.07) is 5.59. The summed E-state index contributed by atoms with van der Waals surface area (Å²) in [6.07, 6.45) is 0.771. The van der Waals surface area contributed by atoms with Crippen LogP contribution in [0.5, 0.6) is 0 Å². The first-order valence-corrected chi connectivity index (χ1v) is 6.50. The molecule has 0 bridgehead atoms. The highest BCUT2D eigenvalue weighted by atomic mass is 16.2. The molecule has 0 unspecified atom stereocenters. The Balaban J connectivity index is 2.45. The van der Waals surface area contributed by atoms with Crippen LogP contribution in [0.3, 0.4) is 0 Å². The highest BCUT2D eigenvalue weighted by Crippen LogP contribution is 2.35. The van der Waals surface area contributed by atoms with Gasteiger partial charge < -0.3 is 5.73 Å². The number of imide groups is 1. The fourth-order valence-corrected chi connectivity index (χ4v) is 2.61. The van der Waals surface area contributed by atoms with Crippen molar-refractivity contribution in [3.8, 4) is 0 Å². The summed E-state index contributed by atoms with van der Waals surface area (Å²) in [4.78, 5) is 25.8. The van der Waals surface area contributed by atoms with Crippen LogP contribution in [0.25, 0.3) is 0 Å². The summed E-state index contributed by atoms with van der Waals surface area (Å²) < 4.78 is 0. The molecule has 4 heteroatoms. The fourth-order valence-electron chi connectivity index (χ4n) is 2.61. The number of hydrogen-bond acceptors (Lipinski definition) is 3. The van der Waals surface area contributed by atoms with Crippen molar-refractivity contribution in [3.63, 3.8) is 0 Å². The number of carbonyl (C=O) groups is 2. The fraction of sp³-hybridized carbons (Fsp3) is 0.467. The van der Waals surface area contributed by atoms with Crippen molar-refractivity contribution in [2.75, 3.05) is 4.90 Å². The highest BCUT2D eigenvalue weighted by Gasteiger charge is 2.38. The number of benzene rings is 1. The van der Waals surface area contributed by atoms with E-state index >= 15 is 0 Å². The Morgan fingerprint density at radius 2 is 1.79 bits per heavy atom. The van der Waals surface area contributed by atoms with Crippen LogP contribution in [-0.4, -0.2) is 11.8 Å². The zero-order valence-corrected chi connectivity index (χ0v) is 11.7. The number of carbonyl (C=O) groups excluding carboxylic acids is 2. The van der Waals surface area contributed by atoms with E-state index in [1.165, 1.54) is 4.90 Å². The van der Waals surface area contributed by atoms with Crippen molar-refractivity contribution >= 4 is 17.5 Å². The number of aryl methyl sites for hydroxylation is 1. The molecule has 1 aliphatic rings. The Labute approximate surface area is 113 Å². The van der Waals surface area contributed by atoms with Gasteiger partial charge in [0.1, 0.15) is 0 Å². The predicted octanol–water partition coefficient (Wildman–Crippen LogP) is 2.13. The molecule has 2 N–H and O–H groups in total. The topological polar surface area (TPSA) is 63.4 Å². The molecule has 1 aliphatic heterocycles. The van der Waals surface area contributed by atoms with Gasteiger partial charge in [-0.05, 0) is 29.5 Å². The molecule has 1 aromatic carbocycles. The monoisotopic (exact) mass is 260 g/mol. The van der Waals surface area contributed by atoms with Gasteiger partial charge in [0.25, 0.3) is 0 Å². The molecule has 1 aromatic rings. The van der Waals surface area contributed by atoms with Crippen LogP contribution in [0, 0.1) is 12.3 Å². The minimum absolute atomic E-state index is 0.137. The maximum Gasteiger partial charge on any atom is 0.234 e. The van der Waals surface area contributed by atoms with Crippen molar-refractivity contribution in [1.82, 2.24) is 0 Å². The molecule has 0 spiro atoms. The minimum atomic E-state index is -0.253. The molecule has 2 rings (SSSR count). The predicted molar refractivity (Wildman–Crippen MR) is 74.6 cm³/mol. The van der Waals surface area contributed by atoms with Crippen molar-refractivity contribution < 1.29 is 9.59 Å². The molecule has 0 saturated carbocycles. The number of hydrogen-bond donors (Lipinski definition) is 1. The maximum absolute atomic E-state index is 12.3. The Kier molecular flexibility index (Phi) is 3.45. The summed E-state index contributed by atoms with van der Waals surface area (Å²) in [6.45, 7) is 6.15. The number of piperidine rings is 1. The van der Waals surface area contributed by atoms with Crippen molar-refractivity contribution in [2.45, 2.75) is 40.2 Å². The molecular weight excluding hydrogens is 240 g/mol. The second kappa shape index (κ2) is 4.78. The second-order valence-corrected chi connectivity index (χ2v) is 5.92. The van der Waals surface area contributed by atoms with Gasteiger partial charge in [0.05, 0.1) is 5.69 Å². The van der Waals surface area contributed by atoms with Crippen LogP contribution in [0.1, 0.15) is 37.8 Å². The SMILES string of the molecule is Cc1cccc(N2C(=O)CC(C)(C)CC2=O)c1CN. The molecule has 0 aliphatic carbocycles. The lowest BCUT2D eigenvalue weighted by Crippen LogP contribution is -2.46. The van der Waals surface area contributed by atoms with E-state index in [-0.39, 0.29) is 17.2 Å². The smallest absolute Gasteiger partial charge is 0.234 e. The third-order valence-electron chi connectivity index (χ3n) is 3.59. The van der Waals surface area contributed by atoms with E-state index in [1.54, 1.807) is 6.07 Å². The molecule has 2 amide bonds. The molecule has 0 radical (unpaired) electrons. The Bertz CT molecular complexity index is 515. The maximum atomic E-state index is 12.3. The van der Waals surface area contributed by atoms with E-state index in [9.17, 15) is 9.59 Å². The zero-order valence-electron chi connectivity index (χ0n) is 11.7. The number of anilines is 1. The van der Waals surface area contributed by atoms with Crippen molar-refractivity contribution in [3.05, 3.63) is 29.3 Å². The molecule has 19 heavy (non-hydrogen) atoms. The number of amides is 2. The van der Waals surface area contributed by atoms with Gasteiger partial charge in [-0.1, -0.05) is 26.0 Å². The van der Waals surface area contributed by atoms with E-state index in [0.29, 0.717) is 25.1 Å². The number of nitrogens with two attached hydrogens (primary N) is 1. The van der Waals surface area contributed by atoms with Crippen LogP contribution < -0.4 is 10.6 Å². The first kappa shape index (κ1) is 13.7. The standard InChI is InChI=1S/C15H20N2O2/c1-10-5-4-6-12(11(10)9-16)17-13(18)7-15(2,3)8-14(17)19/h4-6H,7-9,16H2,1-3H3. The summed E-state index contributed by atoms with van der Waals surface area (Å²) in [5, 5.41) is 0. The average Bonchev–Trinajstić information content (AvgIpc) is 2.26. The second-order valence-electron chi connectivity index (χ2n) is 5.92. The van der Waals surface area contributed by atoms with Gasteiger partial charge in [-0.3, -0.25) is 14.5 Å². The number of rotatable bonds is 2. The van der Waals surface area contributed by atoms with Crippen LogP contribution in [0.15, 0.2) is 18.2 Å². The third-order valence-corrected chi connectivity index (χ3v) is 3.59. The Hall–Kier alpha value is -1.68. The van der Waals surface area contributed by atoms with Gasteiger partial charge in [0.2, 0.25) is 11.8 Å². The Morgan fingerprint density at radius 1 is 1.21 bits per heavy atom. The van der Waals surface area contributed by atoms with E-state index < -0.39 is 0 Å². The molecule has 1 saturated heterocycles. The lowest BCUT2D eigenvalue weighted by atomic mass is 9.81. The summed E-state index contributed by atoms with van der Waals surface area (Å²) in [5.74, 6) is -0.275. The number of nitrogens with zero attached hydrogens (tertiary/aromatic N) is 1. The molecular formula is C15H20N2O2. The first-order chi connectivity index (χ1) is 8.85. The molecule has 1 heterocycles. The quantitative estimate of drug-likeness (QED) is 0.828. The molecule has 0 aromatic heterocycles. The van der Waals surface area contributed by atoms with E-state index in [1.807, 2.05) is 32.9 Å². The van der Waals surface area contributed by atoms with Crippen LogP contribution in [0.2, 0.25) is 0 Å². The highest BCUT2D eigenvalue weighted by molar-refractivity contribution is 6.17. The Morgan fingerprint density at radius 3 is 2.32 bits per heavy atom. The largest absolute Gasteiger partial charge is 0.326 e. The molecule has 1 fully saturated rings.